The minimum atomic E-state index is -0.228. The van der Waals surface area contributed by atoms with E-state index in [0.29, 0.717) is 23.4 Å². The molecule has 1 aliphatic heterocycles. The molecular weight excluding hydrogens is 380 g/mol. The third kappa shape index (κ3) is 3.38. The van der Waals surface area contributed by atoms with Crippen LogP contribution in [-0.2, 0) is 0 Å². The highest BCUT2D eigenvalue weighted by Gasteiger charge is 2.34. The van der Waals surface area contributed by atoms with Crippen molar-refractivity contribution in [2.75, 3.05) is 12.3 Å². The molecule has 2 aromatic heterocycles. The molecule has 0 spiro atoms. The SMILES string of the molecule is Cc1nc(C)c(-c2ccc(SCCN3C(=O)c4ccccc4C3=O)nn2)s1. The number of aryl methyl sites for hydroxylation is 2. The molecule has 8 heteroatoms. The van der Waals surface area contributed by atoms with E-state index in [-0.39, 0.29) is 11.8 Å². The van der Waals surface area contributed by atoms with E-state index in [2.05, 4.69) is 15.2 Å². The first kappa shape index (κ1) is 17.8. The molecule has 3 aromatic rings. The molecule has 27 heavy (non-hydrogen) atoms. The van der Waals surface area contributed by atoms with E-state index in [9.17, 15) is 9.59 Å². The first-order valence-corrected chi connectivity index (χ1v) is 10.2. The molecule has 4 rings (SSSR count). The Balaban J connectivity index is 1.38. The highest BCUT2D eigenvalue weighted by molar-refractivity contribution is 7.99. The smallest absolute Gasteiger partial charge is 0.261 e. The van der Waals surface area contributed by atoms with Gasteiger partial charge < -0.3 is 0 Å². The van der Waals surface area contributed by atoms with Crippen LogP contribution in [0.4, 0.5) is 0 Å². The van der Waals surface area contributed by atoms with Crippen LogP contribution < -0.4 is 0 Å². The number of carbonyl (C=O) groups excluding carboxylic acids is 2. The van der Waals surface area contributed by atoms with Crippen molar-refractivity contribution in [3.63, 3.8) is 0 Å². The summed E-state index contributed by atoms with van der Waals surface area (Å²) in [6.45, 7) is 4.27. The highest BCUT2D eigenvalue weighted by atomic mass is 32.2. The number of fused-ring (bicyclic) bond motifs is 1. The minimum Gasteiger partial charge on any atom is -0.273 e. The van der Waals surface area contributed by atoms with E-state index in [4.69, 9.17) is 0 Å². The summed E-state index contributed by atoms with van der Waals surface area (Å²) in [5.74, 6) is 0.111. The van der Waals surface area contributed by atoms with Gasteiger partial charge in [0.2, 0.25) is 0 Å². The highest BCUT2D eigenvalue weighted by Crippen LogP contribution is 2.29. The van der Waals surface area contributed by atoms with Gasteiger partial charge in [0.05, 0.1) is 26.7 Å². The summed E-state index contributed by atoms with van der Waals surface area (Å²) < 4.78 is 0. The Labute approximate surface area is 164 Å². The molecule has 3 heterocycles. The molecule has 6 nitrogen and oxygen atoms in total. The molecule has 136 valence electrons. The number of benzene rings is 1. The average molecular weight is 396 g/mol. The Morgan fingerprint density at radius 2 is 1.70 bits per heavy atom. The van der Waals surface area contributed by atoms with Crippen LogP contribution in [-0.4, -0.2) is 44.2 Å². The number of hydrogen-bond acceptors (Lipinski definition) is 7. The van der Waals surface area contributed by atoms with E-state index in [1.807, 2.05) is 26.0 Å². The van der Waals surface area contributed by atoms with E-state index >= 15 is 0 Å². The lowest BCUT2D eigenvalue weighted by molar-refractivity contribution is 0.0664. The lowest BCUT2D eigenvalue weighted by Crippen LogP contribution is -2.31. The summed E-state index contributed by atoms with van der Waals surface area (Å²) in [7, 11) is 0. The fraction of sp³-hybridized carbons (Fsp3) is 0.211. The van der Waals surface area contributed by atoms with Crippen molar-refractivity contribution in [1.29, 1.82) is 0 Å². The van der Waals surface area contributed by atoms with E-state index in [1.54, 1.807) is 35.6 Å². The largest absolute Gasteiger partial charge is 0.273 e. The van der Waals surface area contributed by atoms with Gasteiger partial charge in [-0.15, -0.1) is 33.3 Å². The molecule has 2 amide bonds. The normalized spacial score (nSPS) is 13.3. The van der Waals surface area contributed by atoms with Gasteiger partial charge in [-0.3, -0.25) is 14.5 Å². The fourth-order valence-electron chi connectivity index (χ4n) is 2.97. The van der Waals surface area contributed by atoms with Gasteiger partial charge in [-0.1, -0.05) is 12.1 Å². The zero-order valence-corrected chi connectivity index (χ0v) is 16.4. The number of thiazole rings is 1. The fourth-order valence-corrected chi connectivity index (χ4v) is 4.60. The number of amides is 2. The zero-order valence-electron chi connectivity index (χ0n) is 14.8. The average Bonchev–Trinajstić information content (AvgIpc) is 3.14. The van der Waals surface area contributed by atoms with Crippen LogP contribution in [0.2, 0.25) is 0 Å². The number of thioether (sulfide) groups is 1. The summed E-state index contributed by atoms with van der Waals surface area (Å²) in [5, 5.41) is 10.3. The number of aromatic nitrogens is 3. The van der Waals surface area contributed by atoms with Crippen LogP contribution in [0.15, 0.2) is 41.4 Å². The maximum atomic E-state index is 12.3. The van der Waals surface area contributed by atoms with E-state index in [1.165, 1.54) is 16.7 Å². The summed E-state index contributed by atoms with van der Waals surface area (Å²) in [5.41, 5.74) is 2.72. The van der Waals surface area contributed by atoms with Crippen molar-refractivity contribution >= 4 is 34.9 Å². The Hall–Kier alpha value is -2.58. The van der Waals surface area contributed by atoms with Crippen molar-refractivity contribution in [3.8, 4) is 10.6 Å². The summed E-state index contributed by atoms with van der Waals surface area (Å²) in [4.78, 5) is 31.4. The van der Waals surface area contributed by atoms with Gasteiger partial charge in [-0.2, -0.15) is 0 Å². The number of rotatable bonds is 5. The first-order chi connectivity index (χ1) is 13.0. The lowest BCUT2D eigenvalue weighted by Gasteiger charge is -2.12. The van der Waals surface area contributed by atoms with Gasteiger partial charge in [-0.05, 0) is 38.1 Å². The van der Waals surface area contributed by atoms with Gasteiger partial charge in [0.15, 0.2) is 0 Å². The second-order valence-corrected chi connectivity index (χ2v) is 8.38. The first-order valence-electron chi connectivity index (χ1n) is 8.41. The van der Waals surface area contributed by atoms with Crippen molar-refractivity contribution in [2.24, 2.45) is 0 Å². The predicted octanol–water partition coefficient (Wildman–Crippen LogP) is 3.61. The lowest BCUT2D eigenvalue weighted by atomic mass is 10.1. The molecular formula is C19H16N4O2S2. The van der Waals surface area contributed by atoms with Gasteiger partial charge in [0, 0.05) is 12.3 Å². The maximum absolute atomic E-state index is 12.3. The topological polar surface area (TPSA) is 76.1 Å². The van der Waals surface area contributed by atoms with Crippen LogP contribution in [0, 0.1) is 13.8 Å². The van der Waals surface area contributed by atoms with Crippen molar-refractivity contribution in [2.45, 2.75) is 18.9 Å². The molecule has 0 fully saturated rings. The third-order valence-corrected chi connectivity index (χ3v) is 6.21. The molecule has 0 bridgehead atoms. The van der Waals surface area contributed by atoms with Gasteiger partial charge in [0.1, 0.15) is 10.7 Å². The number of carbonyl (C=O) groups is 2. The molecule has 1 aromatic carbocycles. The Morgan fingerprint density at radius 1 is 1.00 bits per heavy atom. The van der Waals surface area contributed by atoms with Crippen molar-refractivity contribution in [1.82, 2.24) is 20.1 Å². The van der Waals surface area contributed by atoms with Crippen molar-refractivity contribution < 1.29 is 9.59 Å². The second kappa shape index (κ2) is 7.21. The summed E-state index contributed by atoms with van der Waals surface area (Å²) >= 11 is 3.07. The number of nitrogens with zero attached hydrogens (tertiary/aromatic N) is 4. The second-order valence-electron chi connectivity index (χ2n) is 6.06. The quantitative estimate of drug-likeness (QED) is 0.484. The van der Waals surface area contributed by atoms with Crippen LogP contribution in [0.1, 0.15) is 31.4 Å². The molecule has 0 saturated carbocycles. The van der Waals surface area contributed by atoms with E-state index < -0.39 is 0 Å². The zero-order chi connectivity index (χ0) is 19.0. The Morgan fingerprint density at radius 3 is 2.26 bits per heavy atom. The van der Waals surface area contributed by atoms with Gasteiger partial charge in [-0.25, -0.2) is 4.98 Å². The van der Waals surface area contributed by atoms with Crippen LogP contribution in [0.3, 0.4) is 0 Å². The minimum absolute atomic E-state index is 0.228. The molecule has 0 N–H and O–H groups in total. The number of hydrogen-bond donors (Lipinski definition) is 0. The van der Waals surface area contributed by atoms with Crippen LogP contribution >= 0.6 is 23.1 Å². The van der Waals surface area contributed by atoms with Crippen LogP contribution in [0.25, 0.3) is 10.6 Å². The summed E-state index contributed by atoms with van der Waals surface area (Å²) in [6.07, 6.45) is 0. The van der Waals surface area contributed by atoms with E-state index in [0.717, 1.165) is 26.3 Å². The standard InChI is InChI=1S/C19H16N4O2S2/c1-11-17(27-12(2)20-11)15-7-8-16(22-21-15)26-10-9-23-18(24)13-5-3-4-6-14(13)19(23)25/h3-8H,9-10H2,1-2H3. The van der Waals surface area contributed by atoms with Crippen LogP contribution in [0.5, 0.6) is 0 Å². The van der Waals surface area contributed by atoms with Gasteiger partial charge in [0.25, 0.3) is 11.8 Å². The summed E-state index contributed by atoms with van der Waals surface area (Å²) in [6, 6.07) is 10.8. The Kier molecular flexibility index (Phi) is 4.75. The monoisotopic (exact) mass is 396 g/mol. The van der Waals surface area contributed by atoms with Crippen molar-refractivity contribution in [3.05, 3.63) is 58.2 Å². The molecule has 0 atom stereocenters. The molecule has 0 aliphatic carbocycles. The third-order valence-electron chi connectivity index (χ3n) is 4.22. The molecule has 0 radical (unpaired) electrons. The van der Waals surface area contributed by atoms with Gasteiger partial charge >= 0.3 is 0 Å². The Bertz CT molecular complexity index is 995. The predicted molar refractivity (Wildman–Crippen MR) is 105 cm³/mol. The molecule has 0 saturated heterocycles. The number of imide groups is 1. The molecule has 0 unspecified atom stereocenters. The molecule has 1 aliphatic rings. The maximum Gasteiger partial charge on any atom is 0.261 e.